The van der Waals surface area contributed by atoms with Gasteiger partial charge in [-0.25, -0.2) is 9.37 Å². The van der Waals surface area contributed by atoms with Gasteiger partial charge in [-0.05, 0) is 30.5 Å². The molecule has 1 aliphatic heterocycles. The number of likely N-dealkylation sites (N-methyl/N-ethyl adjacent to an activating group) is 1. The highest BCUT2D eigenvalue weighted by molar-refractivity contribution is 5.92. The van der Waals surface area contributed by atoms with Crippen molar-refractivity contribution in [3.63, 3.8) is 0 Å². The summed E-state index contributed by atoms with van der Waals surface area (Å²) in [6, 6.07) is 14.0. The third-order valence-corrected chi connectivity index (χ3v) is 5.22. The van der Waals surface area contributed by atoms with Crippen molar-refractivity contribution in [3.8, 4) is 0 Å². The highest BCUT2D eigenvalue weighted by atomic mass is 19.1. The van der Waals surface area contributed by atoms with Crippen LogP contribution in [0.2, 0.25) is 0 Å². The lowest BCUT2D eigenvalue weighted by atomic mass is 10.0. The van der Waals surface area contributed by atoms with E-state index < -0.39 is 6.17 Å². The van der Waals surface area contributed by atoms with Crippen molar-refractivity contribution in [2.45, 2.75) is 32.0 Å². The number of pyridine rings is 1. The smallest absolute Gasteiger partial charge is 0.269 e. The Morgan fingerprint density at radius 1 is 1.32 bits per heavy atom. The SMILES string of the molecule is CCCNC(=O)c1ccc(N(C)[C@H](CN2CC[C@H](F)C2)c2ccccc2)cn1. The topological polar surface area (TPSA) is 48.5 Å². The summed E-state index contributed by atoms with van der Waals surface area (Å²) in [5.74, 6) is -0.151. The Morgan fingerprint density at radius 3 is 2.71 bits per heavy atom. The van der Waals surface area contributed by atoms with E-state index >= 15 is 0 Å². The minimum atomic E-state index is -0.732. The van der Waals surface area contributed by atoms with Gasteiger partial charge in [0.05, 0.1) is 17.9 Å². The molecule has 1 fully saturated rings. The molecule has 1 N–H and O–H groups in total. The van der Waals surface area contributed by atoms with Gasteiger partial charge >= 0.3 is 0 Å². The number of aromatic nitrogens is 1. The van der Waals surface area contributed by atoms with Gasteiger partial charge < -0.3 is 10.2 Å². The van der Waals surface area contributed by atoms with E-state index in [0.717, 1.165) is 25.2 Å². The molecule has 3 rings (SSSR count). The molecule has 0 saturated carbocycles. The van der Waals surface area contributed by atoms with E-state index in [1.54, 1.807) is 12.3 Å². The fourth-order valence-corrected chi connectivity index (χ4v) is 3.56. The summed E-state index contributed by atoms with van der Waals surface area (Å²) in [7, 11) is 2.02. The van der Waals surface area contributed by atoms with Gasteiger partial charge in [-0.3, -0.25) is 9.69 Å². The van der Waals surface area contributed by atoms with Gasteiger partial charge in [0.25, 0.3) is 5.91 Å². The molecule has 28 heavy (non-hydrogen) atoms. The maximum atomic E-state index is 13.7. The maximum Gasteiger partial charge on any atom is 0.269 e. The molecular weight excluding hydrogens is 355 g/mol. The molecule has 2 aromatic rings. The van der Waals surface area contributed by atoms with Gasteiger partial charge in [-0.2, -0.15) is 0 Å². The number of alkyl halides is 1. The number of nitrogens with zero attached hydrogens (tertiary/aromatic N) is 3. The van der Waals surface area contributed by atoms with E-state index in [1.807, 2.05) is 38.2 Å². The van der Waals surface area contributed by atoms with Gasteiger partial charge in [0.1, 0.15) is 11.9 Å². The number of hydrogen-bond donors (Lipinski definition) is 1. The second-order valence-electron chi connectivity index (χ2n) is 7.34. The molecule has 0 radical (unpaired) electrons. The lowest BCUT2D eigenvalue weighted by Crippen LogP contribution is -2.35. The predicted octanol–water partition coefficient (Wildman–Crippen LogP) is 3.44. The number of benzene rings is 1. The summed E-state index contributed by atoms with van der Waals surface area (Å²) < 4.78 is 13.7. The first-order valence-electron chi connectivity index (χ1n) is 9.97. The molecule has 0 bridgehead atoms. The fraction of sp³-hybridized carbons (Fsp3) is 0.455. The zero-order valence-corrected chi connectivity index (χ0v) is 16.6. The van der Waals surface area contributed by atoms with Crippen molar-refractivity contribution in [3.05, 3.63) is 59.9 Å². The summed E-state index contributed by atoms with van der Waals surface area (Å²) in [6.45, 7) is 4.68. The lowest BCUT2D eigenvalue weighted by Gasteiger charge is -2.33. The number of hydrogen-bond acceptors (Lipinski definition) is 4. The largest absolute Gasteiger partial charge is 0.365 e. The molecule has 6 heteroatoms. The number of nitrogens with one attached hydrogen (secondary N) is 1. The summed E-state index contributed by atoms with van der Waals surface area (Å²) >= 11 is 0. The van der Waals surface area contributed by atoms with E-state index in [9.17, 15) is 9.18 Å². The van der Waals surface area contributed by atoms with Gasteiger partial charge in [0.15, 0.2) is 0 Å². The highest BCUT2D eigenvalue weighted by Gasteiger charge is 2.27. The molecular formula is C22H29FN4O. The van der Waals surface area contributed by atoms with E-state index in [-0.39, 0.29) is 11.9 Å². The number of likely N-dealkylation sites (tertiary alicyclic amines) is 1. The van der Waals surface area contributed by atoms with Crippen molar-refractivity contribution in [1.82, 2.24) is 15.2 Å². The number of rotatable bonds is 8. The van der Waals surface area contributed by atoms with Crippen LogP contribution in [-0.4, -0.2) is 55.2 Å². The summed E-state index contributed by atoms with van der Waals surface area (Å²) in [5, 5.41) is 2.84. The molecule has 5 nitrogen and oxygen atoms in total. The van der Waals surface area contributed by atoms with Crippen molar-refractivity contribution >= 4 is 11.6 Å². The molecule has 1 aromatic heterocycles. The van der Waals surface area contributed by atoms with Gasteiger partial charge in [-0.1, -0.05) is 37.3 Å². The van der Waals surface area contributed by atoms with Crippen LogP contribution in [0.25, 0.3) is 0 Å². The molecule has 0 unspecified atom stereocenters. The minimum Gasteiger partial charge on any atom is -0.365 e. The van der Waals surface area contributed by atoms with E-state index in [4.69, 9.17) is 0 Å². The second kappa shape index (κ2) is 9.64. The fourth-order valence-electron chi connectivity index (χ4n) is 3.56. The number of carbonyl (C=O) groups excluding carboxylic acids is 1. The van der Waals surface area contributed by atoms with E-state index in [0.29, 0.717) is 25.2 Å². The number of halogens is 1. The van der Waals surface area contributed by atoms with Crippen LogP contribution < -0.4 is 10.2 Å². The van der Waals surface area contributed by atoms with Crippen LogP contribution in [0.4, 0.5) is 10.1 Å². The Morgan fingerprint density at radius 2 is 2.11 bits per heavy atom. The average Bonchev–Trinajstić information content (AvgIpc) is 3.15. The summed E-state index contributed by atoms with van der Waals surface area (Å²) in [5.41, 5.74) is 2.52. The molecule has 1 aliphatic rings. The molecule has 2 atom stereocenters. The van der Waals surface area contributed by atoms with Crippen molar-refractivity contribution in [1.29, 1.82) is 0 Å². The van der Waals surface area contributed by atoms with E-state index in [2.05, 4.69) is 32.2 Å². The Kier molecular flexibility index (Phi) is 6.98. The zero-order chi connectivity index (χ0) is 19.9. The van der Waals surface area contributed by atoms with Crippen LogP contribution in [-0.2, 0) is 0 Å². The van der Waals surface area contributed by atoms with Crippen molar-refractivity contribution in [2.75, 3.05) is 38.1 Å². The third-order valence-electron chi connectivity index (χ3n) is 5.22. The first-order chi connectivity index (χ1) is 13.6. The summed E-state index contributed by atoms with van der Waals surface area (Å²) in [6.07, 6.45) is 2.50. The van der Waals surface area contributed by atoms with Crippen molar-refractivity contribution in [2.24, 2.45) is 0 Å². The molecule has 1 aromatic carbocycles. The quantitative estimate of drug-likeness (QED) is 0.757. The highest BCUT2D eigenvalue weighted by Crippen LogP contribution is 2.28. The Balaban J connectivity index is 1.76. The van der Waals surface area contributed by atoms with Gasteiger partial charge in [0, 0.05) is 33.2 Å². The molecule has 2 heterocycles. The molecule has 0 aliphatic carbocycles. The van der Waals surface area contributed by atoms with Crippen molar-refractivity contribution < 1.29 is 9.18 Å². The summed E-state index contributed by atoms with van der Waals surface area (Å²) in [4.78, 5) is 20.8. The molecule has 1 amide bonds. The second-order valence-corrected chi connectivity index (χ2v) is 7.34. The molecule has 150 valence electrons. The van der Waals surface area contributed by atoms with Crippen LogP contribution in [0.15, 0.2) is 48.7 Å². The van der Waals surface area contributed by atoms with Crippen LogP contribution in [0, 0.1) is 0 Å². The van der Waals surface area contributed by atoms with Gasteiger partial charge in [-0.15, -0.1) is 0 Å². The monoisotopic (exact) mass is 384 g/mol. The van der Waals surface area contributed by atoms with Crippen LogP contribution >= 0.6 is 0 Å². The van der Waals surface area contributed by atoms with Crippen LogP contribution in [0.1, 0.15) is 41.9 Å². The Labute approximate surface area is 166 Å². The molecule has 1 saturated heterocycles. The predicted molar refractivity (Wildman–Crippen MR) is 110 cm³/mol. The Bertz CT molecular complexity index is 753. The zero-order valence-electron chi connectivity index (χ0n) is 16.6. The lowest BCUT2D eigenvalue weighted by molar-refractivity contribution is 0.0948. The first-order valence-corrected chi connectivity index (χ1v) is 9.97. The first kappa shape index (κ1) is 20.3. The average molecular weight is 384 g/mol. The maximum absolute atomic E-state index is 13.7. The number of amides is 1. The Hall–Kier alpha value is -2.47. The molecule has 0 spiro atoms. The van der Waals surface area contributed by atoms with E-state index in [1.165, 1.54) is 5.56 Å². The van der Waals surface area contributed by atoms with Crippen LogP contribution in [0.3, 0.4) is 0 Å². The van der Waals surface area contributed by atoms with Gasteiger partial charge in [0.2, 0.25) is 0 Å². The number of anilines is 1. The normalized spacial score (nSPS) is 18.0. The van der Waals surface area contributed by atoms with Crippen LogP contribution in [0.5, 0.6) is 0 Å². The minimum absolute atomic E-state index is 0.0769. The standard InChI is InChI=1S/C22H29FN4O/c1-3-12-24-22(28)20-10-9-19(14-25-20)26(2)21(17-7-5-4-6-8-17)16-27-13-11-18(23)15-27/h4-10,14,18,21H,3,11-13,15-16H2,1-2H3,(H,24,28)/t18-,21+/m0/s1. The third kappa shape index (κ3) is 5.07. The number of carbonyl (C=O) groups is 1.